The number of ether oxygens (including phenoxy) is 1. The molecule has 0 aliphatic heterocycles. The van der Waals surface area contributed by atoms with Crippen LogP contribution in [0.3, 0.4) is 0 Å². The number of rotatable bonds is 7. The first-order valence-corrected chi connectivity index (χ1v) is 8.11. The van der Waals surface area contributed by atoms with Gasteiger partial charge in [-0.15, -0.1) is 0 Å². The minimum atomic E-state index is 0.709. The Morgan fingerprint density at radius 1 is 1.14 bits per heavy atom. The highest BCUT2D eigenvalue weighted by atomic mass is 35.5. The van der Waals surface area contributed by atoms with Crippen molar-refractivity contribution in [1.29, 1.82) is 0 Å². The smallest absolute Gasteiger partial charge is 0.0587 e. The van der Waals surface area contributed by atoms with E-state index >= 15 is 0 Å². The van der Waals surface area contributed by atoms with Gasteiger partial charge >= 0.3 is 0 Å². The van der Waals surface area contributed by atoms with E-state index < -0.39 is 0 Å². The molecule has 1 N–H and O–H groups in total. The molecule has 4 heteroatoms. The molecular formula is C17H20ClNOS. The molecule has 2 nitrogen and oxygen atoms in total. The second-order valence-corrected chi connectivity index (χ2v) is 6.39. The zero-order valence-electron chi connectivity index (χ0n) is 12.4. The summed E-state index contributed by atoms with van der Waals surface area (Å²) in [5.74, 6) is 0. The van der Waals surface area contributed by atoms with E-state index in [1.54, 1.807) is 18.9 Å². The van der Waals surface area contributed by atoms with E-state index in [-0.39, 0.29) is 0 Å². The molecule has 21 heavy (non-hydrogen) atoms. The molecule has 0 aliphatic rings. The van der Waals surface area contributed by atoms with Crippen molar-refractivity contribution in [2.45, 2.75) is 23.3 Å². The maximum atomic E-state index is 6.12. The topological polar surface area (TPSA) is 21.3 Å². The SMILES string of the molecule is COCCNCc1cc(Cl)ccc1Sc1ccc(C)cc1. The third-order valence-corrected chi connectivity index (χ3v) is 4.43. The Kier molecular flexibility index (Phi) is 6.58. The van der Waals surface area contributed by atoms with Crippen molar-refractivity contribution < 1.29 is 4.74 Å². The molecule has 112 valence electrons. The van der Waals surface area contributed by atoms with Crippen molar-refractivity contribution in [3.8, 4) is 0 Å². The largest absolute Gasteiger partial charge is 0.383 e. The van der Waals surface area contributed by atoms with Crippen molar-refractivity contribution in [2.24, 2.45) is 0 Å². The van der Waals surface area contributed by atoms with Crippen LogP contribution in [0.15, 0.2) is 52.3 Å². The summed E-state index contributed by atoms with van der Waals surface area (Å²) in [4.78, 5) is 2.47. The van der Waals surface area contributed by atoms with Crippen molar-refractivity contribution in [3.05, 3.63) is 58.6 Å². The summed E-state index contributed by atoms with van der Waals surface area (Å²) in [7, 11) is 1.71. The van der Waals surface area contributed by atoms with Gasteiger partial charge in [0.15, 0.2) is 0 Å². The van der Waals surface area contributed by atoms with Crippen LogP contribution in [0.1, 0.15) is 11.1 Å². The van der Waals surface area contributed by atoms with Crippen LogP contribution < -0.4 is 5.32 Å². The molecule has 0 saturated carbocycles. The second kappa shape index (κ2) is 8.44. The van der Waals surface area contributed by atoms with E-state index in [1.165, 1.54) is 20.9 Å². The molecule has 0 bridgehead atoms. The van der Waals surface area contributed by atoms with E-state index in [2.05, 4.69) is 42.6 Å². The van der Waals surface area contributed by atoms with E-state index in [9.17, 15) is 0 Å². The molecule has 0 spiro atoms. The summed E-state index contributed by atoms with van der Waals surface area (Å²) in [6, 6.07) is 14.6. The van der Waals surface area contributed by atoms with E-state index in [4.69, 9.17) is 16.3 Å². The van der Waals surface area contributed by atoms with Crippen LogP contribution in [0.2, 0.25) is 5.02 Å². The number of halogens is 1. The highest BCUT2D eigenvalue weighted by Gasteiger charge is 2.05. The zero-order chi connectivity index (χ0) is 15.1. The number of nitrogens with one attached hydrogen (secondary N) is 1. The molecule has 2 aromatic carbocycles. The lowest BCUT2D eigenvalue weighted by molar-refractivity contribution is 0.199. The third kappa shape index (κ3) is 5.36. The van der Waals surface area contributed by atoms with Crippen LogP contribution in [0.4, 0.5) is 0 Å². The maximum absolute atomic E-state index is 6.12. The molecule has 2 aromatic rings. The van der Waals surface area contributed by atoms with Crippen LogP contribution >= 0.6 is 23.4 Å². The van der Waals surface area contributed by atoms with Crippen LogP contribution in [-0.2, 0) is 11.3 Å². The fourth-order valence-corrected chi connectivity index (χ4v) is 3.04. The molecule has 0 unspecified atom stereocenters. The Balaban J connectivity index is 2.08. The van der Waals surface area contributed by atoms with E-state index in [0.29, 0.717) is 6.61 Å². The van der Waals surface area contributed by atoms with E-state index in [0.717, 1.165) is 18.1 Å². The standard InChI is InChI=1S/C17H20ClNOS/c1-13-3-6-16(7-4-13)21-17-8-5-15(18)11-14(17)12-19-9-10-20-2/h3-8,11,19H,9-10,12H2,1-2H3. The van der Waals surface area contributed by atoms with Crippen molar-refractivity contribution in [1.82, 2.24) is 5.32 Å². The van der Waals surface area contributed by atoms with E-state index in [1.807, 2.05) is 12.1 Å². The quantitative estimate of drug-likeness (QED) is 0.757. The van der Waals surface area contributed by atoms with Gasteiger partial charge in [-0.2, -0.15) is 0 Å². The fourth-order valence-electron chi connectivity index (χ4n) is 1.92. The van der Waals surface area contributed by atoms with Gasteiger partial charge in [-0.3, -0.25) is 0 Å². The lowest BCUT2D eigenvalue weighted by Gasteiger charge is -2.11. The maximum Gasteiger partial charge on any atom is 0.0587 e. The summed E-state index contributed by atoms with van der Waals surface area (Å²) in [6.07, 6.45) is 0. The summed E-state index contributed by atoms with van der Waals surface area (Å²) in [5.41, 5.74) is 2.49. The number of hydrogen-bond donors (Lipinski definition) is 1. The van der Waals surface area contributed by atoms with Crippen LogP contribution in [-0.4, -0.2) is 20.3 Å². The fraction of sp³-hybridized carbons (Fsp3) is 0.294. The third-order valence-electron chi connectivity index (χ3n) is 3.07. The number of aryl methyl sites for hydroxylation is 1. The molecule has 0 radical (unpaired) electrons. The van der Waals surface area contributed by atoms with Crippen molar-refractivity contribution >= 4 is 23.4 Å². The first kappa shape index (κ1) is 16.4. The predicted molar refractivity (Wildman–Crippen MR) is 90.3 cm³/mol. The molecule has 0 heterocycles. The molecule has 0 atom stereocenters. The highest BCUT2D eigenvalue weighted by Crippen LogP contribution is 2.32. The molecule has 0 aliphatic carbocycles. The molecule has 0 fully saturated rings. The minimum Gasteiger partial charge on any atom is -0.383 e. The summed E-state index contributed by atoms with van der Waals surface area (Å²) < 4.78 is 5.05. The number of hydrogen-bond acceptors (Lipinski definition) is 3. The first-order chi connectivity index (χ1) is 10.2. The van der Waals surface area contributed by atoms with Crippen LogP contribution in [0.5, 0.6) is 0 Å². The average Bonchev–Trinajstić information content (AvgIpc) is 2.48. The molecule has 2 rings (SSSR count). The van der Waals surface area contributed by atoms with Crippen LogP contribution in [0.25, 0.3) is 0 Å². The number of methoxy groups -OCH3 is 1. The van der Waals surface area contributed by atoms with Crippen molar-refractivity contribution in [3.63, 3.8) is 0 Å². The van der Waals surface area contributed by atoms with Gasteiger partial charge in [0.2, 0.25) is 0 Å². The average molecular weight is 322 g/mol. The normalized spacial score (nSPS) is 10.8. The van der Waals surface area contributed by atoms with Gasteiger partial charge in [0.25, 0.3) is 0 Å². The van der Waals surface area contributed by atoms with Gasteiger partial charge in [-0.25, -0.2) is 0 Å². The van der Waals surface area contributed by atoms with Gasteiger partial charge in [-0.1, -0.05) is 41.1 Å². The summed E-state index contributed by atoms with van der Waals surface area (Å²) in [5, 5.41) is 4.14. The van der Waals surface area contributed by atoms with Crippen LogP contribution in [0, 0.1) is 6.92 Å². The van der Waals surface area contributed by atoms with Gasteiger partial charge in [-0.05, 0) is 42.8 Å². The van der Waals surface area contributed by atoms with Gasteiger partial charge in [0, 0.05) is 35.0 Å². The summed E-state index contributed by atoms with van der Waals surface area (Å²) >= 11 is 7.88. The Bertz CT molecular complexity index is 572. The Morgan fingerprint density at radius 2 is 1.90 bits per heavy atom. The Hall–Kier alpha value is -1.00. The van der Waals surface area contributed by atoms with Gasteiger partial charge in [0.1, 0.15) is 0 Å². The first-order valence-electron chi connectivity index (χ1n) is 6.91. The Morgan fingerprint density at radius 3 is 2.62 bits per heavy atom. The molecule has 0 aromatic heterocycles. The van der Waals surface area contributed by atoms with Gasteiger partial charge in [0.05, 0.1) is 6.61 Å². The monoisotopic (exact) mass is 321 g/mol. The molecular weight excluding hydrogens is 302 g/mol. The number of benzene rings is 2. The summed E-state index contributed by atoms with van der Waals surface area (Å²) in [6.45, 7) is 4.43. The molecule has 0 saturated heterocycles. The lowest BCUT2D eigenvalue weighted by atomic mass is 10.2. The molecule has 0 amide bonds. The minimum absolute atomic E-state index is 0.709. The predicted octanol–water partition coefficient (Wildman–Crippen LogP) is 4.54. The van der Waals surface area contributed by atoms with Crippen molar-refractivity contribution in [2.75, 3.05) is 20.3 Å². The van der Waals surface area contributed by atoms with Gasteiger partial charge < -0.3 is 10.1 Å². The Labute approximate surface area is 135 Å². The second-order valence-electron chi connectivity index (χ2n) is 4.84. The highest BCUT2D eigenvalue weighted by molar-refractivity contribution is 7.99. The lowest BCUT2D eigenvalue weighted by Crippen LogP contribution is -2.18. The zero-order valence-corrected chi connectivity index (χ0v) is 13.9.